The van der Waals surface area contributed by atoms with Gasteiger partial charge in [-0.15, -0.1) is 17.5 Å². The van der Waals surface area contributed by atoms with E-state index in [0.29, 0.717) is 5.56 Å². The van der Waals surface area contributed by atoms with E-state index in [0.717, 1.165) is 21.6 Å². The first-order chi connectivity index (χ1) is 15.6. The Balaban J connectivity index is 1.84. The predicted octanol–water partition coefficient (Wildman–Crippen LogP) is 6.44. The number of ketones is 1. The smallest absolute Gasteiger partial charge is 0.321 e. The van der Waals surface area contributed by atoms with Crippen LogP contribution in [0.2, 0.25) is 0 Å². The summed E-state index contributed by atoms with van der Waals surface area (Å²) in [5.74, 6) is -0.725. The van der Waals surface area contributed by atoms with Crippen molar-refractivity contribution in [1.29, 1.82) is 0 Å². The molecule has 0 saturated carbocycles. The SMILES string of the molecule is COC(=O)C1(CC=C=Cc2ccccc2)C(=O)c2ccccc2SC1c1cccc(C)c1. The number of Topliss-reactive ketones (excluding diaryl/α,β-unsaturated/α-hetero) is 1. The normalized spacial score (nSPS) is 19.4. The number of hydrogen-bond donors (Lipinski definition) is 0. The van der Waals surface area contributed by atoms with E-state index in [4.69, 9.17) is 4.74 Å². The van der Waals surface area contributed by atoms with E-state index in [1.807, 2.05) is 85.8 Å². The van der Waals surface area contributed by atoms with E-state index in [-0.39, 0.29) is 12.2 Å². The molecular formula is C28H24O3S. The molecule has 0 amide bonds. The van der Waals surface area contributed by atoms with Gasteiger partial charge in [-0.2, -0.15) is 0 Å². The predicted molar refractivity (Wildman–Crippen MR) is 129 cm³/mol. The van der Waals surface area contributed by atoms with Crippen molar-refractivity contribution in [2.45, 2.75) is 23.5 Å². The summed E-state index contributed by atoms with van der Waals surface area (Å²) in [7, 11) is 1.35. The molecule has 4 rings (SSSR count). The third kappa shape index (κ3) is 4.08. The zero-order valence-electron chi connectivity index (χ0n) is 18.1. The van der Waals surface area contributed by atoms with Gasteiger partial charge in [0.2, 0.25) is 0 Å². The highest BCUT2D eigenvalue weighted by Gasteiger charge is 2.56. The first-order valence-corrected chi connectivity index (χ1v) is 11.4. The molecule has 3 aromatic carbocycles. The number of aryl methyl sites for hydroxylation is 1. The molecule has 0 spiro atoms. The van der Waals surface area contributed by atoms with Crippen molar-refractivity contribution in [2.24, 2.45) is 5.41 Å². The number of ether oxygens (including phenoxy) is 1. The molecule has 1 aliphatic rings. The summed E-state index contributed by atoms with van der Waals surface area (Å²) >= 11 is 1.55. The minimum atomic E-state index is -1.38. The fourth-order valence-electron chi connectivity index (χ4n) is 4.12. The first-order valence-electron chi connectivity index (χ1n) is 10.5. The molecule has 0 radical (unpaired) electrons. The Labute approximate surface area is 192 Å². The third-order valence-electron chi connectivity index (χ3n) is 5.72. The summed E-state index contributed by atoms with van der Waals surface area (Å²) in [5, 5.41) is -0.410. The van der Waals surface area contributed by atoms with Gasteiger partial charge in [0, 0.05) is 10.5 Å². The third-order valence-corrected chi connectivity index (χ3v) is 7.24. The Hall–Kier alpha value is -3.33. The van der Waals surface area contributed by atoms with Crippen LogP contribution in [0.25, 0.3) is 6.08 Å². The monoisotopic (exact) mass is 440 g/mol. The number of carbonyl (C=O) groups is 2. The Morgan fingerprint density at radius 1 is 1.06 bits per heavy atom. The molecule has 0 aliphatic carbocycles. The second kappa shape index (κ2) is 9.44. The van der Waals surface area contributed by atoms with Crippen molar-refractivity contribution in [2.75, 3.05) is 7.11 Å². The number of methoxy groups -OCH3 is 1. The maximum Gasteiger partial charge on any atom is 0.321 e. The van der Waals surface area contributed by atoms with Crippen LogP contribution in [0.5, 0.6) is 0 Å². The van der Waals surface area contributed by atoms with Crippen LogP contribution >= 0.6 is 11.8 Å². The van der Waals surface area contributed by atoms with E-state index < -0.39 is 16.6 Å². The Kier molecular flexibility index (Phi) is 6.45. The van der Waals surface area contributed by atoms with Crippen LogP contribution in [0.15, 0.2) is 95.6 Å². The van der Waals surface area contributed by atoms with Crippen molar-refractivity contribution in [3.63, 3.8) is 0 Å². The minimum Gasteiger partial charge on any atom is -0.468 e. The average Bonchev–Trinajstić information content (AvgIpc) is 2.83. The number of fused-ring (bicyclic) bond motifs is 1. The van der Waals surface area contributed by atoms with Crippen LogP contribution in [0.4, 0.5) is 0 Å². The van der Waals surface area contributed by atoms with Crippen LogP contribution in [0, 0.1) is 12.3 Å². The lowest BCUT2D eigenvalue weighted by molar-refractivity contribution is -0.149. The molecule has 2 unspecified atom stereocenters. The van der Waals surface area contributed by atoms with Crippen molar-refractivity contribution >= 4 is 29.6 Å². The molecule has 32 heavy (non-hydrogen) atoms. The zero-order chi connectivity index (χ0) is 22.6. The van der Waals surface area contributed by atoms with Crippen molar-refractivity contribution in [1.82, 2.24) is 0 Å². The summed E-state index contributed by atoms with van der Waals surface area (Å²) < 4.78 is 5.24. The Morgan fingerprint density at radius 3 is 2.56 bits per heavy atom. The fraction of sp³-hybridized carbons (Fsp3) is 0.179. The van der Waals surface area contributed by atoms with E-state index in [2.05, 4.69) is 5.73 Å². The second-order valence-corrected chi connectivity index (χ2v) is 8.98. The molecule has 160 valence electrons. The molecule has 0 saturated heterocycles. The van der Waals surface area contributed by atoms with E-state index >= 15 is 0 Å². The topological polar surface area (TPSA) is 43.4 Å². The summed E-state index contributed by atoms with van der Waals surface area (Å²) in [4.78, 5) is 28.1. The van der Waals surface area contributed by atoms with Gasteiger partial charge in [-0.25, -0.2) is 0 Å². The zero-order valence-corrected chi connectivity index (χ0v) is 18.9. The summed E-state index contributed by atoms with van der Waals surface area (Å²) in [6.07, 6.45) is 3.82. The molecule has 4 heteroatoms. The number of allylic oxidation sites excluding steroid dienone is 1. The van der Waals surface area contributed by atoms with Gasteiger partial charge in [-0.05, 0) is 42.7 Å². The Morgan fingerprint density at radius 2 is 1.81 bits per heavy atom. The molecule has 2 atom stereocenters. The van der Waals surface area contributed by atoms with Crippen LogP contribution in [-0.4, -0.2) is 18.9 Å². The Bertz CT molecular complexity index is 1210. The van der Waals surface area contributed by atoms with Gasteiger partial charge in [0.25, 0.3) is 0 Å². The number of benzene rings is 3. The maximum absolute atomic E-state index is 13.9. The van der Waals surface area contributed by atoms with Gasteiger partial charge >= 0.3 is 5.97 Å². The molecule has 0 aromatic heterocycles. The largest absolute Gasteiger partial charge is 0.468 e. The highest BCUT2D eigenvalue weighted by atomic mass is 32.2. The number of rotatable bonds is 5. The lowest BCUT2D eigenvalue weighted by Crippen LogP contribution is -2.46. The van der Waals surface area contributed by atoms with E-state index in [9.17, 15) is 9.59 Å². The molecule has 1 aliphatic heterocycles. The molecule has 1 heterocycles. The highest BCUT2D eigenvalue weighted by molar-refractivity contribution is 7.99. The van der Waals surface area contributed by atoms with Crippen molar-refractivity contribution < 1.29 is 14.3 Å². The van der Waals surface area contributed by atoms with E-state index in [1.54, 1.807) is 23.9 Å². The molecule has 3 aromatic rings. The first kappa shape index (κ1) is 21.9. The standard InChI is InChI=1S/C28H24O3S/c1-20-11-10-15-22(19-20)26-28(27(30)31-2,18-9-8-14-21-12-4-3-5-13-21)25(29)23-16-6-7-17-24(23)32-26/h3-7,9-17,19,26H,18H2,1-2H3. The van der Waals surface area contributed by atoms with Crippen molar-refractivity contribution in [3.8, 4) is 0 Å². The summed E-state index contributed by atoms with van der Waals surface area (Å²) in [6, 6.07) is 25.3. The van der Waals surface area contributed by atoms with Gasteiger partial charge in [-0.3, -0.25) is 9.59 Å². The molecule has 3 nitrogen and oxygen atoms in total. The fourth-order valence-corrected chi connectivity index (χ4v) is 5.60. The van der Waals surface area contributed by atoms with Gasteiger partial charge in [0.15, 0.2) is 11.2 Å². The highest BCUT2D eigenvalue weighted by Crippen LogP contribution is 2.56. The number of thioether (sulfide) groups is 1. The second-order valence-electron chi connectivity index (χ2n) is 7.83. The van der Waals surface area contributed by atoms with Crippen LogP contribution in [0.3, 0.4) is 0 Å². The van der Waals surface area contributed by atoms with Gasteiger partial charge in [0.05, 0.1) is 12.4 Å². The van der Waals surface area contributed by atoms with Gasteiger partial charge in [0.1, 0.15) is 0 Å². The number of carbonyl (C=O) groups excluding carboxylic acids is 2. The van der Waals surface area contributed by atoms with Crippen LogP contribution in [0.1, 0.15) is 38.7 Å². The average molecular weight is 441 g/mol. The van der Waals surface area contributed by atoms with Crippen LogP contribution in [-0.2, 0) is 9.53 Å². The number of hydrogen-bond acceptors (Lipinski definition) is 4. The molecule has 0 bridgehead atoms. The summed E-state index contributed by atoms with van der Waals surface area (Å²) in [6.45, 7) is 2.01. The minimum absolute atomic E-state index is 0.196. The molecule has 0 N–H and O–H groups in total. The van der Waals surface area contributed by atoms with Gasteiger partial charge < -0.3 is 4.74 Å². The lowest BCUT2D eigenvalue weighted by atomic mass is 9.71. The maximum atomic E-state index is 13.9. The molecule has 0 fully saturated rings. The molecular weight excluding hydrogens is 416 g/mol. The summed E-state index contributed by atoms with van der Waals surface area (Å²) in [5.41, 5.74) is 5.36. The van der Waals surface area contributed by atoms with Gasteiger partial charge in [-0.1, -0.05) is 78.4 Å². The van der Waals surface area contributed by atoms with E-state index in [1.165, 1.54) is 7.11 Å². The van der Waals surface area contributed by atoms with Crippen molar-refractivity contribution in [3.05, 3.63) is 113 Å². The number of esters is 1. The quantitative estimate of drug-likeness (QED) is 0.260. The lowest BCUT2D eigenvalue weighted by Gasteiger charge is -2.40. The van der Waals surface area contributed by atoms with Crippen LogP contribution < -0.4 is 0 Å².